The number of carbonyl (C=O) groups excluding carboxylic acids is 2. The molecule has 1 aromatic carbocycles. The van der Waals surface area contributed by atoms with Crippen LogP contribution in [0.5, 0.6) is 0 Å². The van der Waals surface area contributed by atoms with E-state index >= 15 is 0 Å². The zero-order chi connectivity index (χ0) is 21.9. The lowest BCUT2D eigenvalue weighted by Crippen LogP contribution is -2.45. The van der Waals surface area contributed by atoms with Crippen molar-refractivity contribution < 1.29 is 29.0 Å². The van der Waals surface area contributed by atoms with Crippen molar-refractivity contribution in [1.29, 1.82) is 0 Å². The highest BCUT2D eigenvalue weighted by atomic mass is 16.6. The quantitative estimate of drug-likeness (QED) is 0.732. The van der Waals surface area contributed by atoms with Crippen LogP contribution in [-0.4, -0.2) is 51.9 Å². The molecular formula is C22H30N2O6. The summed E-state index contributed by atoms with van der Waals surface area (Å²) < 4.78 is 10.7. The van der Waals surface area contributed by atoms with Crippen LogP contribution in [0.4, 0.5) is 9.59 Å². The molecule has 8 heteroatoms. The summed E-state index contributed by atoms with van der Waals surface area (Å²) in [5, 5.41) is 12.0. The number of hydrogen-bond donors (Lipinski definition) is 2. The third-order valence-corrected chi connectivity index (χ3v) is 5.61. The Bertz CT molecular complexity index is 776. The van der Waals surface area contributed by atoms with Gasteiger partial charge in [0.2, 0.25) is 0 Å². The second-order valence-electron chi connectivity index (χ2n) is 9.01. The van der Waals surface area contributed by atoms with E-state index in [1.807, 2.05) is 30.3 Å². The van der Waals surface area contributed by atoms with Gasteiger partial charge in [0.1, 0.15) is 18.2 Å². The van der Waals surface area contributed by atoms with Crippen LogP contribution in [-0.2, 0) is 20.9 Å². The maximum absolute atomic E-state index is 12.7. The summed E-state index contributed by atoms with van der Waals surface area (Å²) in [6, 6.07) is 8.40. The maximum atomic E-state index is 12.7. The standard InChI is InChI=1S/C22H30N2O6/c1-22(2,3)30-20(27)23-17(19(25)26)12-15-11-16-9-10-18(15)24(16)21(28)29-13-14-7-5-4-6-8-14/h4-8,15-18H,9-13H2,1-3H3,(H,23,27)(H,25,26). The number of rotatable bonds is 6. The van der Waals surface area contributed by atoms with Crippen LogP contribution in [0.25, 0.3) is 0 Å². The zero-order valence-corrected chi connectivity index (χ0v) is 17.7. The molecule has 2 N–H and O–H groups in total. The second-order valence-corrected chi connectivity index (χ2v) is 9.01. The van der Waals surface area contributed by atoms with E-state index in [4.69, 9.17) is 9.47 Å². The first-order chi connectivity index (χ1) is 14.1. The van der Waals surface area contributed by atoms with E-state index in [0.717, 1.165) is 18.4 Å². The third-order valence-electron chi connectivity index (χ3n) is 5.61. The minimum Gasteiger partial charge on any atom is -0.480 e. The third kappa shape index (κ3) is 5.43. The van der Waals surface area contributed by atoms with Gasteiger partial charge in [0, 0.05) is 12.1 Å². The smallest absolute Gasteiger partial charge is 0.410 e. The molecule has 2 amide bonds. The van der Waals surface area contributed by atoms with E-state index in [2.05, 4.69) is 5.32 Å². The van der Waals surface area contributed by atoms with Gasteiger partial charge in [-0.05, 0) is 57.9 Å². The van der Waals surface area contributed by atoms with Crippen LogP contribution in [0.15, 0.2) is 30.3 Å². The van der Waals surface area contributed by atoms with Gasteiger partial charge in [-0.15, -0.1) is 0 Å². The van der Waals surface area contributed by atoms with Crippen molar-refractivity contribution in [2.75, 3.05) is 0 Å². The minimum atomic E-state index is -1.11. The molecule has 30 heavy (non-hydrogen) atoms. The molecule has 2 aliphatic heterocycles. The van der Waals surface area contributed by atoms with Gasteiger partial charge < -0.3 is 24.8 Å². The summed E-state index contributed by atoms with van der Waals surface area (Å²) in [6.45, 7) is 5.36. The van der Waals surface area contributed by atoms with E-state index < -0.39 is 23.7 Å². The molecule has 0 aromatic heterocycles. The molecule has 3 rings (SSSR count). The van der Waals surface area contributed by atoms with Crippen molar-refractivity contribution >= 4 is 18.2 Å². The number of fused-ring (bicyclic) bond motifs is 2. The molecule has 2 aliphatic rings. The Morgan fingerprint density at radius 1 is 1.20 bits per heavy atom. The fourth-order valence-electron chi connectivity index (χ4n) is 4.42. The van der Waals surface area contributed by atoms with Crippen LogP contribution in [0.1, 0.15) is 52.0 Å². The van der Waals surface area contributed by atoms with Crippen LogP contribution in [0, 0.1) is 5.92 Å². The topological polar surface area (TPSA) is 105 Å². The number of aliphatic carboxylic acids is 1. The summed E-state index contributed by atoms with van der Waals surface area (Å²) in [5.41, 5.74) is 0.209. The molecule has 2 bridgehead atoms. The molecule has 2 fully saturated rings. The van der Waals surface area contributed by atoms with Crippen molar-refractivity contribution in [3.8, 4) is 0 Å². The maximum Gasteiger partial charge on any atom is 0.410 e. The molecule has 0 radical (unpaired) electrons. The highest BCUT2D eigenvalue weighted by molar-refractivity contribution is 5.80. The fraction of sp³-hybridized carbons (Fsp3) is 0.591. The molecule has 4 atom stereocenters. The molecule has 0 saturated carbocycles. The van der Waals surface area contributed by atoms with Gasteiger partial charge in [0.25, 0.3) is 0 Å². The highest BCUT2D eigenvalue weighted by Gasteiger charge is 2.50. The summed E-state index contributed by atoms with van der Waals surface area (Å²) >= 11 is 0. The monoisotopic (exact) mass is 418 g/mol. The molecule has 0 spiro atoms. The van der Waals surface area contributed by atoms with E-state index in [9.17, 15) is 19.5 Å². The number of amides is 2. The number of carboxylic acid groups (broad SMARTS) is 1. The van der Waals surface area contributed by atoms with Crippen molar-refractivity contribution in [3.05, 3.63) is 35.9 Å². The molecule has 2 heterocycles. The summed E-state index contributed by atoms with van der Waals surface area (Å²) in [4.78, 5) is 38.2. The number of ether oxygens (including phenoxy) is 2. The zero-order valence-electron chi connectivity index (χ0n) is 17.7. The number of benzene rings is 1. The van der Waals surface area contributed by atoms with E-state index in [0.29, 0.717) is 6.42 Å². The number of carbonyl (C=O) groups is 3. The Balaban J connectivity index is 1.57. The number of alkyl carbamates (subject to hydrolysis) is 1. The second kappa shape index (κ2) is 8.93. The molecule has 4 unspecified atom stereocenters. The van der Waals surface area contributed by atoms with E-state index in [1.165, 1.54) is 0 Å². The summed E-state index contributed by atoms with van der Waals surface area (Å²) in [7, 11) is 0. The van der Waals surface area contributed by atoms with Crippen molar-refractivity contribution in [3.63, 3.8) is 0 Å². The van der Waals surface area contributed by atoms with Crippen LogP contribution in [0.2, 0.25) is 0 Å². The molecule has 1 aromatic rings. The lowest BCUT2D eigenvalue weighted by Gasteiger charge is -2.27. The minimum absolute atomic E-state index is 0.0101. The first kappa shape index (κ1) is 21.9. The van der Waals surface area contributed by atoms with Crippen molar-refractivity contribution in [2.45, 2.75) is 76.8 Å². The van der Waals surface area contributed by atoms with E-state index in [1.54, 1.807) is 25.7 Å². The van der Waals surface area contributed by atoms with Gasteiger partial charge >= 0.3 is 18.2 Å². The Morgan fingerprint density at radius 3 is 2.53 bits per heavy atom. The van der Waals surface area contributed by atoms with Crippen molar-refractivity contribution in [1.82, 2.24) is 10.2 Å². The molecular weight excluding hydrogens is 388 g/mol. The van der Waals surface area contributed by atoms with E-state index in [-0.39, 0.29) is 37.1 Å². The Hall–Kier alpha value is -2.77. The fourth-order valence-corrected chi connectivity index (χ4v) is 4.42. The largest absolute Gasteiger partial charge is 0.480 e. The molecule has 164 valence electrons. The van der Waals surface area contributed by atoms with Crippen LogP contribution in [0.3, 0.4) is 0 Å². The van der Waals surface area contributed by atoms with Gasteiger partial charge in [0.05, 0.1) is 0 Å². The first-order valence-electron chi connectivity index (χ1n) is 10.4. The number of hydrogen-bond acceptors (Lipinski definition) is 5. The van der Waals surface area contributed by atoms with Gasteiger partial charge in [-0.1, -0.05) is 30.3 Å². The van der Waals surface area contributed by atoms with Crippen LogP contribution < -0.4 is 5.32 Å². The molecule has 8 nitrogen and oxygen atoms in total. The Kier molecular flexibility index (Phi) is 6.53. The van der Waals surface area contributed by atoms with Gasteiger partial charge in [-0.2, -0.15) is 0 Å². The number of carboxylic acids is 1. The Morgan fingerprint density at radius 2 is 1.90 bits per heavy atom. The average molecular weight is 418 g/mol. The van der Waals surface area contributed by atoms with Gasteiger partial charge in [-0.25, -0.2) is 14.4 Å². The highest BCUT2D eigenvalue weighted by Crippen LogP contribution is 2.44. The first-order valence-corrected chi connectivity index (χ1v) is 10.4. The number of nitrogens with zero attached hydrogens (tertiary/aromatic N) is 1. The predicted octanol–water partition coefficient (Wildman–Crippen LogP) is 3.54. The number of nitrogens with one attached hydrogen (secondary N) is 1. The summed E-state index contributed by atoms with van der Waals surface area (Å²) in [5.74, 6) is -1.12. The van der Waals surface area contributed by atoms with Gasteiger partial charge in [0.15, 0.2) is 0 Å². The summed E-state index contributed by atoms with van der Waals surface area (Å²) in [6.07, 6.45) is 1.55. The molecule has 2 saturated heterocycles. The molecule has 0 aliphatic carbocycles. The lowest BCUT2D eigenvalue weighted by molar-refractivity contribution is -0.140. The Labute approximate surface area is 176 Å². The van der Waals surface area contributed by atoms with Gasteiger partial charge in [-0.3, -0.25) is 0 Å². The predicted molar refractivity (Wildman–Crippen MR) is 109 cm³/mol. The SMILES string of the molecule is CC(C)(C)OC(=O)NC(CC1CC2CCC1N2C(=O)OCc1ccccc1)C(=O)O. The average Bonchev–Trinajstić information content (AvgIpc) is 3.22. The normalized spacial score (nSPS) is 23.7. The van der Waals surface area contributed by atoms with Crippen molar-refractivity contribution in [2.24, 2.45) is 5.92 Å². The lowest BCUT2D eigenvalue weighted by atomic mass is 9.84. The van der Waals surface area contributed by atoms with Crippen LogP contribution >= 0.6 is 0 Å².